The molecular formula is C21H34F2N4O2. The highest BCUT2D eigenvalue weighted by Gasteiger charge is 2.22. The maximum Gasteiger partial charge on any atom is 0.191 e. The lowest BCUT2D eigenvalue weighted by Gasteiger charge is -2.24. The molecule has 0 aliphatic carbocycles. The van der Waals surface area contributed by atoms with Crippen molar-refractivity contribution in [1.29, 1.82) is 0 Å². The van der Waals surface area contributed by atoms with E-state index >= 15 is 0 Å². The van der Waals surface area contributed by atoms with E-state index in [1.54, 1.807) is 19.0 Å². The molecule has 1 aliphatic rings. The molecule has 0 aromatic heterocycles. The zero-order valence-electron chi connectivity index (χ0n) is 17.7. The molecule has 0 radical (unpaired) electrons. The number of hydrogen-bond donors (Lipinski definition) is 2. The van der Waals surface area contributed by atoms with Crippen LogP contribution in [0.2, 0.25) is 0 Å². The zero-order valence-corrected chi connectivity index (χ0v) is 17.7. The van der Waals surface area contributed by atoms with Gasteiger partial charge in [0.15, 0.2) is 5.96 Å². The SMILES string of the molecule is CCNC(=NCC(c1c(F)cccc1F)N(C)C)NCCCOCC1CCOC1. The average molecular weight is 413 g/mol. The van der Waals surface area contributed by atoms with E-state index in [4.69, 9.17) is 9.47 Å². The van der Waals surface area contributed by atoms with Crippen molar-refractivity contribution >= 4 is 5.96 Å². The first-order valence-corrected chi connectivity index (χ1v) is 10.3. The van der Waals surface area contributed by atoms with Crippen molar-refractivity contribution in [1.82, 2.24) is 15.5 Å². The van der Waals surface area contributed by atoms with Crippen LogP contribution in [0.25, 0.3) is 0 Å². The van der Waals surface area contributed by atoms with E-state index in [2.05, 4.69) is 15.6 Å². The van der Waals surface area contributed by atoms with E-state index in [9.17, 15) is 8.78 Å². The molecule has 1 heterocycles. The number of rotatable bonds is 11. The summed E-state index contributed by atoms with van der Waals surface area (Å²) >= 11 is 0. The third kappa shape index (κ3) is 7.87. The van der Waals surface area contributed by atoms with Crippen LogP contribution in [0, 0.1) is 17.6 Å². The van der Waals surface area contributed by atoms with Crippen LogP contribution in [0.5, 0.6) is 0 Å². The highest BCUT2D eigenvalue weighted by Crippen LogP contribution is 2.24. The first-order chi connectivity index (χ1) is 14.0. The van der Waals surface area contributed by atoms with Crippen molar-refractivity contribution in [3.63, 3.8) is 0 Å². The predicted octanol–water partition coefficient (Wildman–Crippen LogP) is 2.57. The summed E-state index contributed by atoms with van der Waals surface area (Å²) in [6, 6.07) is 3.43. The number of ether oxygens (including phenoxy) is 2. The standard InChI is InChI=1S/C21H34F2N4O2/c1-4-24-21(25-10-6-11-28-14-16-9-12-29-15-16)26-13-19(27(2)3)20-17(22)7-5-8-18(20)23/h5,7-8,16,19H,4,6,9-15H2,1-3H3,(H2,24,25,26). The smallest absolute Gasteiger partial charge is 0.191 e. The Morgan fingerprint density at radius 2 is 2.07 bits per heavy atom. The Balaban J connectivity index is 1.84. The van der Waals surface area contributed by atoms with Gasteiger partial charge in [-0.25, -0.2) is 8.78 Å². The number of aliphatic imine (C=N–C) groups is 1. The second kappa shape index (κ2) is 12.7. The van der Waals surface area contributed by atoms with Crippen molar-refractivity contribution in [2.24, 2.45) is 10.9 Å². The van der Waals surface area contributed by atoms with Gasteiger partial charge in [0, 0.05) is 37.8 Å². The lowest BCUT2D eigenvalue weighted by atomic mass is 10.0. The summed E-state index contributed by atoms with van der Waals surface area (Å²) in [5.74, 6) is 0.0345. The van der Waals surface area contributed by atoms with Crippen LogP contribution in [0.4, 0.5) is 8.78 Å². The molecule has 1 aliphatic heterocycles. The fourth-order valence-corrected chi connectivity index (χ4v) is 3.21. The maximum atomic E-state index is 14.2. The van der Waals surface area contributed by atoms with Gasteiger partial charge in [0.1, 0.15) is 11.6 Å². The van der Waals surface area contributed by atoms with Gasteiger partial charge < -0.3 is 25.0 Å². The third-order valence-electron chi connectivity index (χ3n) is 4.86. The Hall–Kier alpha value is -1.77. The molecule has 0 amide bonds. The number of guanidine groups is 1. The summed E-state index contributed by atoms with van der Waals surface area (Å²) < 4.78 is 39.4. The highest BCUT2D eigenvalue weighted by atomic mass is 19.1. The first-order valence-electron chi connectivity index (χ1n) is 10.3. The average Bonchev–Trinajstić information content (AvgIpc) is 3.19. The Morgan fingerprint density at radius 3 is 2.69 bits per heavy atom. The molecule has 1 fully saturated rings. The lowest BCUT2D eigenvalue weighted by Crippen LogP contribution is -2.39. The summed E-state index contributed by atoms with van der Waals surface area (Å²) in [5.41, 5.74) is 0.0430. The molecule has 0 spiro atoms. The number of nitrogens with zero attached hydrogens (tertiary/aromatic N) is 2. The van der Waals surface area contributed by atoms with Crippen molar-refractivity contribution in [2.45, 2.75) is 25.8 Å². The molecule has 0 saturated carbocycles. The van der Waals surface area contributed by atoms with E-state index in [1.807, 2.05) is 6.92 Å². The number of hydrogen-bond acceptors (Lipinski definition) is 4. The minimum Gasteiger partial charge on any atom is -0.381 e. The number of halogens is 2. The predicted molar refractivity (Wildman–Crippen MR) is 111 cm³/mol. The van der Waals surface area contributed by atoms with Crippen molar-refractivity contribution in [3.05, 3.63) is 35.4 Å². The van der Waals surface area contributed by atoms with Gasteiger partial charge in [0.05, 0.1) is 25.8 Å². The van der Waals surface area contributed by atoms with E-state index in [-0.39, 0.29) is 12.1 Å². The maximum absolute atomic E-state index is 14.2. The van der Waals surface area contributed by atoms with Crippen LogP contribution in [0.3, 0.4) is 0 Å². The molecule has 0 bridgehead atoms. The van der Waals surface area contributed by atoms with Gasteiger partial charge >= 0.3 is 0 Å². The molecule has 2 atom stereocenters. The highest BCUT2D eigenvalue weighted by molar-refractivity contribution is 5.79. The zero-order chi connectivity index (χ0) is 21.1. The fourth-order valence-electron chi connectivity index (χ4n) is 3.21. The van der Waals surface area contributed by atoms with Gasteiger partial charge in [-0.15, -0.1) is 0 Å². The topological polar surface area (TPSA) is 58.1 Å². The fraction of sp³-hybridized carbons (Fsp3) is 0.667. The van der Waals surface area contributed by atoms with Crippen LogP contribution in [0.1, 0.15) is 31.4 Å². The number of nitrogens with one attached hydrogen (secondary N) is 2. The minimum absolute atomic E-state index is 0.0430. The molecule has 29 heavy (non-hydrogen) atoms. The number of likely N-dealkylation sites (N-methyl/N-ethyl adjacent to an activating group) is 1. The summed E-state index contributed by atoms with van der Waals surface area (Å²) in [7, 11) is 3.58. The Labute approximate surface area is 172 Å². The van der Waals surface area contributed by atoms with Crippen molar-refractivity contribution in [3.8, 4) is 0 Å². The summed E-state index contributed by atoms with van der Waals surface area (Å²) in [6.07, 6.45) is 1.92. The molecule has 2 N–H and O–H groups in total. The molecule has 1 aromatic rings. The van der Waals surface area contributed by atoms with Crippen molar-refractivity contribution < 1.29 is 18.3 Å². The molecule has 1 saturated heterocycles. The van der Waals surface area contributed by atoms with Crippen LogP contribution >= 0.6 is 0 Å². The van der Waals surface area contributed by atoms with Gasteiger partial charge in [-0.3, -0.25) is 4.99 Å². The van der Waals surface area contributed by atoms with Crippen LogP contribution in [-0.2, 0) is 9.47 Å². The van der Waals surface area contributed by atoms with E-state index in [0.29, 0.717) is 31.6 Å². The molecule has 6 nitrogen and oxygen atoms in total. The Bertz CT molecular complexity index is 617. The van der Waals surface area contributed by atoms with Gasteiger partial charge in [0.2, 0.25) is 0 Å². The Kier molecular flexibility index (Phi) is 10.3. The van der Waals surface area contributed by atoms with E-state index < -0.39 is 17.7 Å². The summed E-state index contributed by atoms with van der Waals surface area (Å²) in [5, 5.41) is 6.42. The van der Waals surface area contributed by atoms with Gasteiger partial charge in [-0.05, 0) is 46.0 Å². The first kappa shape index (κ1) is 23.5. The third-order valence-corrected chi connectivity index (χ3v) is 4.86. The van der Waals surface area contributed by atoms with E-state index in [1.165, 1.54) is 18.2 Å². The molecular weight excluding hydrogens is 378 g/mol. The van der Waals surface area contributed by atoms with Gasteiger partial charge in [0.25, 0.3) is 0 Å². The van der Waals surface area contributed by atoms with Crippen LogP contribution < -0.4 is 10.6 Å². The normalized spacial score (nSPS) is 18.3. The van der Waals surface area contributed by atoms with Crippen LogP contribution in [0.15, 0.2) is 23.2 Å². The Morgan fingerprint density at radius 1 is 1.31 bits per heavy atom. The summed E-state index contributed by atoms with van der Waals surface area (Å²) in [4.78, 5) is 6.31. The molecule has 1 aromatic carbocycles. The van der Waals surface area contributed by atoms with Gasteiger partial charge in [-0.1, -0.05) is 6.07 Å². The molecule has 2 unspecified atom stereocenters. The largest absolute Gasteiger partial charge is 0.381 e. The summed E-state index contributed by atoms with van der Waals surface area (Å²) in [6.45, 7) is 6.66. The lowest BCUT2D eigenvalue weighted by molar-refractivity contribution is 0.0888. The van der Waals surface area contributed by atoms with Crippen molar-refractivity contribution in [2.75, 3.05) is 60.2 Å². The van der Waals surface area contributed by atoms with Crippen LogP contribution in [-0.4, -0.2) is 71.0 Å². The van der Waals surface area contributed by atoms with Gasteiger partial charge in [-0.2, -0.15) is 0 Å². The minimum atomic E-state index is -0.554. The van der Waals surface area contributed by atoms with E-state index in [0.717, 1.165) is 32.7 Å². The second-order valence-electron chi connectivity index (χ2n) is 7.42. The second-order valence-corrected chi connectivity index (χ2v) is 7.42. The number of benzene rings is 1. The molecule has 2 rings (SSSR count). The monoisotopic (exact) mass is 412 g/mol. The molecule has 164 valence electrons. The quantitative estimate of drug-likeness (QED) is 0.332. The molecule has 8 heteroatoms.